The summed E-state index contributed by atoms with van der Waals surface area (Å²) in [6.45, 7) is 1.92. The number of hydrogen-bond acceptors (Lipinski definition) is 4. The molecule has 4 N–H and O–H groups in total. The van der Waals surface area contributed by atoms with Crippen LogP contribution in [0.3, 0.4) is 0 Å². The first kappa shape index (κ1) is 14.1. The number of carbonyl (C=O) groups is 1. The maximum atomic E-state index is 12.1. The first-order valence-corrected chi connectivity index (χ1v) is 7.37. The van der Waals surface area contributed by atoms with Crippen molar-refractivity contribution < 1.29 is 13.2 Å². The predicted octanol–water partition coefficient (Wildman–Crippen LogP) is 0.872. The molecule has 0 unspecified atom stereocenters. The van der Waals surface area contributed by atoms with Crippen molar-refractivity contribution >= 4 is 21.7 Å². The van der Waals surface area contributed by atoms with Crippen molar-refractivity contribution in [3.63, 3.8) is 0 Å². The van der Waals surface area contributed by atoms with Crippen LogP contribution in [-0.4, -0.2) is 24.5 Å². The Bertz CT molecular complexity index is 719. The summed E-state index contributed by atoms with van der Waals surface area (Å²) in [6.07, 6.45) is 0.724. The van der Waals surface area contributed by atoms with Crippen LogP contribution in [-0.2, 0) is 16.4 Å². The minimum atomic E-state index is -3.74. The van der Waals surface area contributed by atoms with Crippen molar-refractivity contribution in [1.29, 1.82) is 0 Å². The Morgan fingerprint density at radius 1 is 1.35 bits per heavy atom. The zero-order valence-electron chi connectivity index (χ0n) is 10.8. The second-order valence-electron chi connectivity index (χ2n) is 4.13. The lowest BCUT2D eigenvalue weighted by atomic mass is 10.2. The zero-order chi connectivity index (χ0) is 14.8. The fourth-order valence-electron chi connectivity index (χ4n) is 1.59. The van der Waals surface area contributed by atoms with Crippen molar-refractivity contribution in [1.82, 2.24) is 10.2 Å². The number of nitrogens with one attached hydrogen (secondary N) is 2. The van der Waals surface area contributed by atoms with Crippen LogP contribution < -0.4 is 10.5 Å². The quantitative estimate of drug-likeness (QED) is 0.758. The predicted molar refractivity (Wildman–Crippen MR) is 73.7 cm³/mol. The van der Waals surface area contributed by atoms with E-state index in [-0.39, 0.29) is 16.3 Å². The Balaban J connectivity index is 2.23. The molecule has 0 bridgehead atoms. The third kappa shape index (κ3) is 2.97. The monoisotopic (exact) mass is 294 g/mol. The van der Waals surface area contributed by atoms with E-state index in [9.17, 15) is 13.2 Å². The second-order valence-corrected chi connectivity index (χ2v) is 5.81. The van der Waals surface area contributed by atoms with Gasteiger partial charge in [-0.2, -0.15) is 5.10 Å². The van der Waals surface area contributed by atoms with E-state index in [4.69, 9.17) is 5.73 Å². The van der Waals surface area contributed by atoms with E-state index in [1.54, 1.807) is 6.07 Å². The average Bonchev–Trinajstić information content (AvgIpc) is 2.85. The summed E-state index contributed by atoms with van der Waals surface area (Å²) in [5, 5.41) is 6.57. The second kappa shape index (κ2) is 5.33. The number of sulfonamides is 1. The summed E-state index contributed by atoms with van der Waals surface area (Å²) in [7, 11) is -3.74. The van der Waals surface area contributed by atoms with Crippen LogP contribution in [0, 0.1) is 0 Å². The number of aromatic amines is 1. The molecule has 0 saturated heterocycles. The highest BCUT2D eigenvalue weighted by molar-refractivity contribution is 7.92. The molecular formula is C12H14N4O3S. The highest BCUT2D eigenvalue weighted by atomic mass is 32.2. The van der Waals surface area contributed by atoms with Crippen LogP contribution in [0.15, 0.2) is 35.2 Å². The van der Waals surface area contributed by atoms with Gasteiger partial charge < -0.3 is 5.73 Å². The Hall–Kier alpha value is -2.35. The molecule has 0 fully saturated rings. The standard InChI is InChI=1S/C12H14N4O3S/c1-2-9-7-11(15-14-9)16-20(18,19)10-5-3-8(4-6-10)12(13)17/h3-7H,2H2,1H3,(H2,13,17)(H2,14,15,16). The third-order valence-electron chi connectivity index (χ3n) is 2.70. The van der Waals surface area contributed by atoms with Crippen LogP contribution in [0.4, 0.5) is 5.82 Å². The van der Waals surface area contributed by atoms with Gasteiger partial charge >= 0.3 is 0 Å². The van der Waals surface area contributed by atoms with E-state index >= 15 is 0 Å². The summed E-state index contributed by atoms with van der Waals surface area (Å²) < 4.78 is 26.5. The molecular weight excluding hydrogens is 280 g/mol. The van der Waals surface area contributed by atoms with Crippen molar-refractivity contribution in [3.8, 4) is 0 Å². The van der Waals surface area contributed by atoms with Crippen LogP contribution in [0.25, 0.3) is 0 Å². The molecule has 1 amide bonds. The largest absolute Gasteiger partial charge is 0.366 e. The minimum Gasteiger partial charge on any atom is -0.366 e. The van der Waals surface area contributed by atoms with Gasteiger partial charge in [0, 0.05) is 17.3 Å². The van der Waals surface area contributed by atoms with Crippen molar-refractivity contribution in [3.05, 3.63) is 41.6 Å². The molecule has 0 aliphatic carbocycles. The zero-order valence-corrected chi connectivity index (χ0v) is 11.6. The maximum absolute atomic E-state index is 12.1. The SMILES string of the molecule is CCc1cc(NS(=O)(=O)c2ccc(C(N)=O)cc2)n[nH]1. The summed E-state index contributed by atoms with van der Waals surface area (Å²) in [5.41, 5.74) is 6.17. The van der Waals surface area contributed by atoms with Crippen molar-refractivity contribution in [2.45, 2.75) is 18.2 Å². The number of aromatic nitrogens is 2. The van der Waals surface area contributed by atoms with E-state index in [0.29, 0.717) is 0 Å². The lowest BCUT2D eigenvalue weighted by Crippen LogP contribution is -2.14. The van der Waals surface area contributed by atoms with Crippen LogP contribution >= 0.6 is 0 Å². The number of hydrogen-bond donors (Lipinski definition) is 3. The Morgan fingerprint density at radius 3 is 2.50 bits per heavy atom. The Morgan fingerprint density at radius 2 is 2.00 bits per heavy atom. The van der Waals surface area contributed by atoms with Crippen molar-refractivity contribution in [2.75, 3.05) is 4.72 Å². The number of nitrogens with zero attached hydrogens (tertiary/aromatic N) is 1. The summed E-state index contributed by atoms with van der Waals surface area (Å²) >= 11 is 0. The summed E-state index contributed by atoms with van der Waals surface area (Å²) in [6, 6.07) is 6.97. The van der Waals surface area contributed by atoms with Gasteiger partial charge in [0.2, 0.25) is 5.91 Å². The lowest BCUT2D eigenvalue weighted by Gasteiger charge is -2.05. The van der Waals surface area contributed by atoms with Gasteiger partial charge in [0.1, 0.15) is 0 Å². The molecule has 0 aliphatic heterocycles. The molecule has 0 atom stereocenters. The molecule has 2 aromatic rings. The first-order chi connectivity index (χ1) is 9.42. The van der Waals surface area contributed by atoms with Gasteiger partial charge in [0.05, 0.1) is 4.90 Å². The number of aryl methyl sites for hydroxylation is 1. The highest BCUT2D eigenvalue weighted by Gasteiger charge is 2.16. The van der Waals surface area contributed by atoms with Crippen molar-refractivity contribution in [2.24, 2.45) is 5.73 Å². The number of primary amides is 1. The molecule has 1 aromatic heterocycles. The average molecular weight is 294 g/mol. The van der Waals surface area contributed by atoms with Crippen LogP contribution in [0.5, 0.6) is 0 Å². The van der Waals surface area contributed by atoms with E-state index in [2.05, 4.69) is 14.9 Å². The molecule has 0 aliphatic rings. The number of rotatable bonds is 5. The fraction of sp³-hybridized carbons (Fsp3) is 0.167. The van der Waals surface area contributed by atoms with Gasteiger partial charge in [0.15, 0.2) is 5.82 Å². The molecule has 1 aromatic carbocycles. The first-order valence-electron chi connectivity index (χ1n) is 5.89. The normalized spacial score (nSPS) is 11.2. The molecule has 20 heavy (non-hydrogen) atoms. The minimum absolute atomic E-state index is 0.0311. The third-order valence-corrected chi connectivity index (χ3v) is 4.07. The van der Waals surface area contributed by atoms with Gasteiger partial charge in [-0.25, -0.2) is 8.42 Å². The van der Waals surface area contributed by atoms with E-state index in [1.165, 1.54) is 24.3 Å². The van der Waals surface area contributed by atoms with Gasteiger partial charge in [-0.15, -0.1) is 0 Å². The molecule has 8 heteroatoms. The van der Waals surface area contributed by atoms with E-state index in [0.717, 1.165) is 12.1 Å². The Kier molecular flexibility index (Phi) is 3.75. The van der Waals surface area contributed by atoms with Crippen LogP contribution in [0.1, 0.15) is 23.0 Å². The number of amides is 1. The van der Waals surface area contributed by atoms with Gasteiger partial charge in [-0.3, -0.25) is 14.6 Å². The van der Waals surface area contributed by atoms with Gasteiger partial charge in [-0.05, 0) is 30.7 Å². The topological polar surface area (TPSA) is 118 Å². The number of nitrogens with two attached hydrogens (primary N) is 1. The highest BCUT2D eigenvalue weighted by Crippen LogP contribution is 2.15. The molecule has 0 radical (unpaired) electrons. The molecule has 1 heterocycles. The molecule has 2 rings (SSSR count). The van der Waals surface area contributed by atoms with Gasteiger partial charge in [0.25, 0.3) is 10.0 Å². The number of carbonyl (C=O) groups excluding carboxylic acids is 1. The maximum Gasteiger partial charge on any atom is 0.263 e. The van der Waals surface area contributed by atoms with E-state index < -0.39 is 15.9 Å². The van der Waals surface area contributed by atoms with E-state index in [1.807, 2.05) is 6.92 Å². The number of anilines is 1. The molecule has 0 saturated carbocycles. The Labute approximate surface area is 116 Å². The summed E-state index contributed by atoms with van der Waals surface area (Å²) in [5.74, 6) is -0.386. The molecule has 106 valence electrons. The number of H-pyrrole nitrogens is 1. The molecule has 7 nitrogen and oxygen atoms in total. The molecule has 0 spiro atoms. The lowest BCUT2D eigenvalue weighted by molar-refractivity contribution is 0.1000. The summed E-state index contributed by atoms with van der Waals surface area (Å²) in [4.78, 5) is 11.0. The van der Waals surface area contributed by atoms with Crippen LogP contribution in [0.2, 0.25) is 0 Å². The fourth-order valence-corrected chi connectivity index (χ4v) is 2.58. The van der Waals surface area contributed by atoms with Gasteiger partial charge in [-0.1, -0.05) is 6.92 Å². The smallest absolute Gasteiger partial charge is 0.263 e. The number of benzene rings is 1.